The molecule has 0 saturated carbocycles. The molecule has 0 amide bonds. The first-order valence-electron chi connectivity index (χ1n) is 7.92. The van der Waals surface area contributed by atoms with Gasteiger partial charge < -0.3 is 14.4 Å². The topological polar surface area (TPSA) is 39.9 Å². The molecule has 4 nitrogen and oxygen atoms in total. The number of aliphatic hydroxyl groups excluding tert-OH is 1. The standard InChI is InChI=1S/C18H24N2O2/c1-19-8-9-20(14-17(19)7-10-21)13-15-4-2-5-16(12-15)18-6-3-11-22-18/h2-6,11-12,17,21H,7-10,13-14H2,1H3/t17-/m1/s1. The van der Waals surface area contributed by atoms with E-state index in [1.807, 2.05) is 12.1 Å². The second-order valence-corrected chi connectivity index (χ2v) is 6.06. The zero-order valence-electron chi connectivity index (χ0n) is 13.1. The van der Waals surface area contributed by atoms with Gasteiger partial charge in [0.25, 0.3) is 0 Å². The van der Waals surface area contributed by atoms with Gasteiger partial charge in [-0.25, -0.2) is 0 Å². The predicted molar refractivity (Wildman–Crippen MR) is 87.5 cm³/mol. The summed E-state index contributed by atoms with van der Waals surface area (Å²) in [5.41, 5.74) is 2.43. The smallest absolute Gasteiger partial charge is 0.133 e. The molecule has 2 heterocycles. The summed E-state index contributed by atoms with van der Waals surface area (Å²) in [5.74, 6) is 0.915. The van der Waals surface area contributed by atoms with Gasteiger partial charge in [0.1, 0.15) is 5.76 Å². The minimum Gasteiger partial charge on any atom is -0.464 e. The van der Waals surface area contributed by atoms with Crippen molar-refractivity contribution in [3.8, 4) is 11.3 Å². The fourth-order valence-electron chi connectivity index (χ4n) is 3.14. The van der Waals surface area contributed by atoms with Crippen molar-refractivity contribution in [2.45, 2.75) is 19.0 Å². The second kappa shape index (κ2) is 7.09. The van der Waals surface area contributed by atoms with Gasteiger partial charge in [-0.15, -0.1) is 0 Å². The van der Waals surface area contributed by atoms with Gasteiger partial charge >= 0.3 is 0 Å². The lowest BCUT2D eigenvalue weighted by Crippen LogP contribution is -2.51. The van der Waals surface area contributed by atoms with Gasteiger partial charge in [-0.3, -0.25) is 4.90 Å². The Kier molecular flexibility index (Phi) is 4.93. The highest BCUT2D eigenvalue weighted by atomic mass is 16.3. The molecular formula is C18H24N2O2. The lowest BCUT2D eigenvalue weighted by molar-refractivity contribution is 0.0743. The van der Waals surface area contributed by atoms with Gasteiger partial charge in [0.15, 0.2) is 0 Å². The molecule has 1 atom stereocenters. The summed E-state index contributed by atoms with van der Waals surface area (Å²) in [6, 6.07) is 12.9. The number of rotatable bonds is 5. The highest BCUT2D eigenvalue weighted by molar-refractivity contribution is 5.58. The average Bonchev–Trinajstić information content (AvgIpc) is 3.06. The van der Waals surface area contributed by atoms with Gasteiger partial charge in [-0.1, -0.05) is 18.2 Å². The van der Waals surface area contributed by atoms with E-state index >= 15 is 0 Å². The molecule has 0 spiro atoms. The summed E-state index contributed by atoms with van der Waals surface area (Å²) < 4.78 is 5.48. The fourth-order valence-corrected chi connectivity index (χ4v) is 3.14. The van der Waals surface area contributed by atoms with Crippen LogP contribution in [0.4, 0.5) is 0 Å². The fraction of sp³-hybridized carbons (Fsp3) is 0.444. The molecule has 4 heteroatoms. The maximum Gasteiger partial charge on any atom is 0.133 e. The monoisotopic (exact) mass is 300 g/mol. The first-order valence-corrected chi connectivity index (χ1v) is 7.92. The van der Waals surface area contributed by atoms with Crippen LogP contribution in [-0.2, 0) is 6.54 Å². The third-order valence-corrected chi connectivity index (χ3v) is 4.46. The minimum atomic E-state index is 0.261. The maximum atomic E-state index is 9.20. The number of hydrogen-bond donors (Lipinski definition) is 1. The highest BCUT2D eigenvalue weighted by Crippen LogP contribution is 2.22. The molecule has 0 radical (unpaired) electrons. The molecule has 1 N–H and O–H groups in total. The Morgan fingerprint density at radius 1 is 1.23 bits per heavy atom. The number of nitrogens with zero attached hydrogens (tertiary/aromatic N) is 2. The van der Waals surface area contributed by atoms with Crippen LogP contribution < -0.4 is 0 Å². The number of furan rings is 1. The summed E-state index contributed by atoms with van der Waals surface area (Å²) >= 11 is 0. The van der Waals surface area contributed by atoms with E-state index < -0.39 is 0 Å². The molecule has 3 rings (SSSR count). The Bertz CT molecular complexity index is 583. The van der Waals surface area contributed by atoms with Crippen molar-refractivity contribution < 1.29 is 9.52 Å². The van der Waals surface area contributed by atoms with Crippen molar-refractivity contribution in [2.75, 3.05) is 33.3 Å². The van der Waals surface area contributed by atoms with Crippen LogP contribution in [0.3, 0.4) is 0 Å². The van der Waals surface area contributed by atoms with Crippen molar-refractivity contribution in [3.63, 3.8) is 0 Å². The van der Waals surface area contributed by atoms with E-state index in [-0.39, 0.29) is 6.61 Å². The van der Waals surface area contributed by atoms with Gasteiger partial charge in [0.2, 0.25) is 0 Å². The Hall–Kier alpha value is -1.62. The first kappa shape index (κ1) is 15.3. The van der Waals surface area contributed by atoms with E-state index in [2.05, 4.69) is 41.1 Å². The van der Waals surface area contributed by atoms with Crippen LogP contribution >= 0.6 is 0 Å². The van der Waals surface area contributed by atoms with Crippen molar-refractivity contribution in [1.29, 1.82) is 0 Å². The number of aliphatic hydroxyl groups is 1. The zero-order chi connectivity index (χ0) is 15.4. The Morgan fingerprint density at radius 3 is 2.91 bits per heavy atom. The number of hydrogen-bond acceptors (Lipinski definition) is 4. The molecule has 2 aromatic rings. The SMILES string of the molecule is CN1CCN(Cc2cccc(-c3ccco3)c2)C[C@H]1CCO. The van der Waals surface area contributed by atoms with Gasteiger partial charge in [0.05, 0.1) is 6.26 Å². The van der Waals surface area contributed by atoms with Gasteiger partial charge in [-0.05, 0) is 37.2 Å². The molecule has 0 aliphatic carbocycles. The summed E-state index contributed by atoms with van der Waals surface area (Å²) in [5, 5.41) is 9.20. The van der Waals surface area contributed by atoms with Crippen LogP contribution in [0, 0.1) is 0 Å². The summed E-state index contributed by atoms with van der Waals surface area (Å²) in [4.78, 5) is 4.83. The third-order valence-electron chi connectivity index (χ3n) is 4.46. The lowest BCUT2D eigenvalue weighted by Gasteiger charge is -2.39. The maximum absolute atomic E-state index is 9.20. The van der Waals surface area contributed by atoms with E-state index in [1.165, 1.54) is 5.56 Å². The van der Waals surface area contributed by atoms with Crippen molar-refractivity contribution >= 4 is 0 Å². The van der Waals surface area contributed by atoms with Crippen molar-refractivity contribution in [3.05, 3.63) is 48.2 Å². The molecule has 0 bridgehead atoms. The quantitative estimate of drug-likeness (QED) is 0.921. The van der Waals surface area contributed by atoms with E-state index in [4.69, 9.17) is 4.42 Å². The Balaban J connectivity index is 1.67. The van der Waals surface area contributed by atoms with Gasteiger partial charge in [-0.2, -0.15) is 0 Å². The third kappa shape index (κ3) is 3.58. The molecule has 1 aliphatic rings. The summed E-state index contributed by atoms with van der Waals surface area (Å²) in [6.45, 7) is 4.36. The van der Waals surface area contributed by atoms with Crippen molar-refractivity contribution in [1.82, 2.24) is 9.80 Å². The van der Waals surface area contributed by atoms with Crippen molar-refractivity contribution in [2.24, 2.45) is 0 Å². The van der Waals surface area contributed by atoms with Crippen LogP contribution in [0.15, 0.2) is 47.1 Å². The number of likely N-dealkylation sites (N-methyl/N-ethyl adjacent to an activating group) is 1. The summed E-state index contributed by atoms with van der Waals surface area (Å²) in [7, 11) is 2.15. The minimum absolute atomic E-state index is 0.261. The lowest BCUT2D eigenvalue weighted by atomic mass is 10.1. The Labute approximate surface area is 132 Å². The number of benzene rings is 1. The largest absolute Gasteiger partial charge is 0.464 e. The average molecular weight is 300 g/mol. The van der Waals surface area contributed by atoms with E-state index in [0.717, 1.165) is 43.9 Å². The molecule has 1 aliphatic heterocycles. The van der Waals surface area contributed by atoms with Crippen LogP contribution in [0.2, 0.25) is 0 Å². The molecule has 22 heavy (non-hydrogen) atoms. The molecule has 1 saturated heterocycles. The van der Waals surface area contributed by atoms with Gasteiger partial charge in [0, 0.05) is 44.4 Å². The van der Waals surface area contributed by atoms with E-state index in [1.54, 1.807) is 6.26 Å². The molecule has 1 fully saturated rings. The summed E-state index contributed by atoms with van der Waals surface area (Å²) in [6.07, 6.45) is 2.56. The van der Waals surface area contributed by atoms with E-state index in [9.17, 15) is 5.11 Å². The molecule has 1 aromatic carbocycles. The molecule has 1 aromatic heterocycles. The highest BCUT2D eigenvalue weighted by Gasteiger charge is 2.23. The van der Waals surface area contributed by atoms with Crippen LogP contribution in [0.1, 0.15) is 12.0 Å². The van der Waals surface area contributed by atoms with Crippen LogP contribution in [0.5, 0.6) is 0 Å². The Morgan fingerprint density at radius 2 is 2.14 bits per heavy atom. The molecule has 0 unspecified atom stereocenters. The normalized spacial score (nSPS) is 20.4. The van der Waals surface area contributed by atoms with E-state index in [0.29, 0.717) is 6.04 Å². The molecule has 118 valence electrons. The van der Waals surface area contributed by atoms with Crippen LogP contribution in [0.25, 0.3) is 11.3 Å². The zero-order valence-corrected chi connectivity index (χ0v) is 13.1. The van der Waals surface area contributed by atoms with Crippen LogP contribution in [-0.4, -0.2) is 54.2 Å². The second-order valence-electron chi connectivity index (χ2n) is 6.06. The number of piperazine rings is 1. The predicted octanol–water partition coefficient (Wildman–Crippen LogP) is 2.45. The first-order chi connectivity index (χ1) is 10.8. The molecular weight excluding hydrogens is 276 g/mol.